The Morgan fingerprint density at radius 2 is 1.68 bits per heavy atom. The van der Waals surface area contributed by atoms with E-state index < -0.39 is 17.8 Å². The van der Waals surface area contributed by atoms with E-state index >= 15 is 0 Å². The highest BCUT2D eigenvalue weighted by molar-refractivity contribution is 6.19. The van der Waals surface area contributed by atoms with Crippen LogP contribution in [-0.2, 0) is 23.9 Å². The Morgan fingerprint density at radius 3 is 2.32 bits per heavy atom. The van der Waals surface area contributed by atoms with Crippen LogP contribution < -0.4 is 0 Å². The normalized spacial score (nSPS) is 14.5. The molecular formula is C32H32N4O5. The first-order valence-electron chi connectivity index (χ1n) is 13.3. The van der Waals surface area contributed by atoms with Gasteiger partial charge in [0.1, 0.15) is 23.9 Å². The summed E-state index contributed by atoms with van der Waals surface area (Å²) in [5.41, 5.74) is 6.84. The molecule has 41 heavy (non-hydrogen) atoms. The molecule has 1 aromatic heterocycles. The molecule has 2 aromatic carbocycles. The fourth-order valence-electron chi connectivity index (χ4n) is 4.94. The highest BCUT2D eigenvalue weighted by atomic mass is 16.6. The van der Waals surface area contributed by atoms with Gasteiger partial charge in [0.05, 0.1) is 25.4 Å². The predicted octanol–water partition coefficient (Wildman–Crippen LogP) is 4.64. The van der Waals surface area contributed by atoms with Crippen LogP contribution >= 0.6 is 0 Å². The summed E-state index contributed by atoms with van der Waals surface area (Å²) in [6.45, 7) is 9.17. The molecular weight excluding hydrogens is 520 g/mol. The summed E-state index contributed by atoms with van der Waals surface area (Å²) < 4.78 is 12.0. The predicted molar refractivity (Wildman–Crippen MR) is 154 cm³/mol. The number of ether oxygens (including phenoxy) is 2. The molecule has 210 valence electrons. The standard InChI is InChI=1S/C32H32N4O5/c1-20-15-21(2)29(22(3)16-20)30-25(19-36(34-30)26-9-7-6-8-10-26)17-27-23(4)28(18-33)32(39)35(31(27)38)11-12-40-13-14-41-24(5)37/h6-10,15-17,19H,11-14H2,1-5H3/b27-17+. The van der Waals surface area contributed by atoms with E-state index in [1.165, 1.54) is 6.92 Å². The zero-order valence-corrected chi connectivity index (χ0v) is 23.9. The van der Waals surface area contributed by atoms with Crippen molar-refractivity contribution in [3.8, 4) is 23.0 Å². The third kappa shape index (κ3) is 6.34. The molecule has 1 aliphatic heterocycles. The van der Waals surface area contributed by atoms with E-state index in [9.17, 15) is 19.6 Å². The Morgan fingerprint density at radius 1 is 1.00 bits per heavy atom. The van der Waals surface area contributed by atoms with Crippen LogP contribution in [0.15, 0.2) is 65.4 Å². The summed E-state index contributed by atoms with van der Waals surface area (Å²) in [6.07, 6.45) is 3.55. The van der Waals surface area contributed by atoms with Gasteiger partial charge in [-0.2, -0.15) is 10.4 Å². The number of amides is 2. The van der Waals surface area contributed by atoms with Gasteiger partial charge < -0.3 is 9.47 Å². The summed E-state index contributed by atoms with van der Waals surface area (Å²) in [5.74, 6) is -1.61. The molecule has 0 fully saturated rings. The number of rotatable bonds is 9. The number of nitriles is 1. The topological polar surface area (TPSA) is 115 Å². The van der Waals surface area contributed by atoms with E-state index in [0.717, 1.165) is 32.8 Å². The molecule has 4 rings (SSSR count). The Hall–Kier alpha value is -4.81. The second kappa shape index (κ2) is 12.6. The Kier molecular flexibility index (Phi) is 8.95. The molecule has 0 aliphatic carbocycles. The van der Waals surface area contributed by atoms with Gasteiger partial charge in [-0.25, -0.2) is 4.68 Å². The molecule has 0 saturated carbocycles. The number of benzene rings is 2. The van der Waals surface area contributed by atoms with Crippen molar-refractivity contribution in [3.05, 3.63) is 87.6 Å². The van der Waals surface area contributed by atoms with Crippen molar-refractivity contribution in [2.45, 2.75) is 34.6 Å². The molecule has 0 atom stereocenters. The highest BCUT2D eigenvalue weighted by Crippen LogP contribution is 2.34. The van der Waals surface area contributed by atoms with Gasteiger partial charge in [0.15, 0.2) is 0 Å². The molecule has 1 aliphatic rings. The lowest BCUT2D eigenvalue weighted by atomic mass is 9.91. The fraction of sp³-hybridized carbons (Fsp3) is 0.281. The van der Waals surface area contributed by atoms with Gasteiger partial charge >= 0.3 is 5.97 Å². The second-order valence-corrected chi connectivity index (χ2v) is 9.87. The number of nitrogens with zero attached hydrogens (tertiary/aromatic N) is 4. The maximum absolute atomic E-state index is 13.7. The van der Waals surface area contributed by atoms with Crippen LogP contribution in [0.3, 0.4) is 0 Å². The first-order valence-corrected chi connectivity index (χ1v) is 13.3. The van der Waals surface area contributed by atoms with Crippen LogP contribution in [0.2, 0.25) is 0 Å². The molecule has 9 heteroatoms. The number of para-hydroxylation sites is 1. The first-order chi connectivity index (χ1) is 19.6. The highest BCUT2D eigenvalue weighted by Gasteiger charge is 2.35. The third-order valence-corrected chi connectivity index (χ3v) is 6.79. The van der Waals surface area contributed by atoms with Crippen LogP contribution in [0.1, 0.15) is 36.1 Å². The van der Waals surface area contributed by atoms with Crippen molar-refractivity contribution in [1.29, 1.82) is 5.26 Å². The maximum Gasteiger partial charge on any atom is 0.302 e. The Bertz CT molecular complexity index is 1590. The van der Waals surface area contributed by atoms with Crippen molar-refractivity contribution >= 4 is 23.9 Å². The number of aryl methyl sites for hydroxylation is 3. The number of hydrogen-bond donors (Lipinski definition) is 0. The smallest absolute Gasteiger partial charge is 0.302 e. The number of hydrogen-bond acceptors (Lipinski definition) is 7. The fourth-order valence-corrected chi connectivity index (χ4v) is 4.94. The lowest BCUT2D eigenvalue weighted by molar-refractivity contribution is -0.142. The van der Waals surface area contributed by atoms with Gasteiger partial charge in [-0.05, 0) is 62.6 Å². The van der Waals surface area contributed by atoms with Gasteiger partial charge in [0, 0.05) is 29.8 Å². The molecule has 0 saturated heterocycles. The minimum Gasteiger partial charge on any atom is -0.463 e. The summed E-state index contributed by atoms with van der Waals surface area (Å²) in [5, 5.41) is 14.7. The van der Waals surface area contributed by atoms with E-state index in [1.807, 2.05) is 63.4 Å². The van der Waals surface area contributed by atoms with Gasteiger partial charge in [0.25, 0.3) is 11.8 Å². The van der Waals surface area contributed by atoms with Gasteiger partial charge in [-0.1, -0.05) is 35.9 Å². The molecule has 0 spiro atoms. The zero-order chi connectivity index (χ0) is 29.7. The van der Waals surface area contributed by atoms with Crippen LogP contribution in [-0.4, -0.2) is 58.8 Å². The lowest BCUT2D eigenvalue weighted by Crippen LogP contribution is -2.44. The van der Waals surface area contributed by atoms with Crippen molar-refractivity contribution < 1.29 is 23.9 Å². The van der Waals surface area contributed by atoms with Gasteiger partial charge in [-0.3, -0.25) is 19.3 Å². The van der Waals surface area contributed by atoms with Crippen molar-refractivity contribution in [3.63, 3.8) is 0 Å². The lowest BCUT2D eigenvalue weighted by Gasteiger charge is -2.27. The van der Waals surface area contributed by atoms with E-state index in [0.29, 0.717) is 16.8 Å². The molecule has 9 nitrogen and oxygen atoms in total. The second-order valence-electron chi connectivity index (χ2n) is 9.87. The molecule has 0 bridgehead atoms. The quantitative estimate of drug-likeness (QED) is 0.164. The largest absolute Gasteiger partial charge is 0.463 e. The minimum atomic E-state index is -0.666. The average Bonchev–Trinajstić information content (AvgIpc) is 3.33. The van der Waals surface area contributed by atoms with Gasteiger partial charge in [0.2, 0.25) is 0 Å². The van der Waals surface area contributed by atoms with E-state index in [4.69, 9.17) is 14.6 Å². The van der Waals surface area contributed by atoms with Crippen LogP contribution in [0.5, 0.6) is 0 Å². The summed E-state index contributed by atoms with van der Waals surface area (Å²) in [6, 6.07) is 15.8. The van der Waals surface area contributed by atoms with Crippen LogP contribution in [0.4, 0.5) is 0 Å². The van der Waals surface area contributed by atoms with E-state index in [-0.39, 0.29) is 37.5 Å². The van der Waals surface area contributed by atoms with Crippen molar-refractivity contribution in [2.24, 2.45) is 0 Å². The Labute approximate surface area is 239 Å². The minimum absolute atomic E-state index is 0.0305. The van der Waals surface area contributed by atoms with E-state index in [1.54, 1.807) is 17.7 Å². The van der Waals surface area contributed by atoms with Crippen molar-refractivity contribution in [2.75, 3.05) is 26.4 Å². The number of carbonyl (C=O) groups is 3. The van der Waals surface area contributed by atoms with Crippen LogP contribution in [0.25, 0.3) is 23.0 Å². The molecule has 0 radical (unpaired) electrons. The number of esters is 1. The average molecular weight is 553 g/mol. The van der Waals surface area contributed by atoms with Crippen LogP contribution in [0, 0.1) is 32.1 Å². The summed E-state index contributed by atoms with van der Waals surface area (Å²) >= 11 is 0. The number of aromatic nitrogens is 2. The summed E-state index contributed by atoms with van der Waals surface area (Å²) in [7, 11) is 0. The Balaban J connectivity index is 1.77. The zero-order valence-electron chi connectivity index (χ0n) is 23.9. The van der Waals surface area contributed by atoms with Gasteiger partial charge in [-0.15, -0.1) is 0 Å². The summed E-state index contributed by atoms with van der Waals surface area (Å²) in [4.78, 5) is 38.6. The molecule has 2 heterocycles. The maximum atomic E-state index is 13.7. The SMILES string of the molecule is CC(=O)OCCOCCN1C(=O)C(C#N)=C(C)/C(=C\c2cn(-c3ccccc3)nc2-c2c(C)cc(C)cc2C)C1=O. The molecule has 3 aromatic rings. The third-order valence-electron chi connectivity index (χ3n) is 6.79. The molecule has 2 amide bonds. The molecule has 0 unspecified atom stereocenters. The monoisotopic (exact) mass is 552 g/mol. The number of imide groups is 1. The molecule has 0 N–H and O–H groups in total. The van der Waals surface area contributed by atoms with Crippen molar-refractivity contribution in [1.82, 2.24) is 14.7 Å². The van der Waals surface area contributed by atoms with E-state index in [2.05, 4.69) is 12.1 Å². The first kappa shape index (κ1) is 29.2. The number of carbonyl (C=O) groups excluding carboxylic acids is 3.